The minimum absolute atomic E-state index is 0. The molecular weight excluding hydrogens is 273 g/mol. The van der Waals surface area contributed by atoms with Crippen LogP contribution < -0.4 is 5.73 Å². The molecular formula is C9H14NNaO6S. The number of hydrogen-bond acceptors (Lipinski definition) is 4. The van der Waals surface area contributed by atoms with Crippen LogP contribution in [0.25, 0.3) is 0 Å². The van der Waals surface area contributed by atoms with E-state index in [0.717, 1.165) is 5.56 Å². The number of hydrogen-bond donors (Lipinski definition) is 4. The van der Waals surface area contributed by atoms with Crippen LogP contribution in [0.15, 0.2) is 30.3 Å². The van der Waals surface area contributed by atoms with Crippen LogP contribution in [0.1, 0.15) is 5.56 Å². The van der Waals surface area contributed by atoms with E-state index in [1.807, 2.05) is 30.3 Å². The van der Waals surface area contributed by atoms with Crippen LogP contribution in [0, 0.1) is 0 Å². The van der Waals surface area contributed by atoms with Crippen molar-refractivity contribution in [3.05, 3.63) is 35.9 Å². The molecule has 0 aliphatic rings. The maximum atomic E-state index is 10.4. The van der Waals surface area contributed by atoms with Gasteiger partial charge in [-0.2, -0.15) is 8.42 Å². The molecule has 1 rings (SSSR count). The molecule has 1 atom stereocenters. The Morgan fingerprint density at radius 1 is 1.22 bits per heavy atom. The van der Waals surface area contributed by atoms with Gasteiger partial charge in [0.2, 0.25) is 0 Å². The summed E-state index contributed by atoms with van der Waals surface area (Å²) in [5.74, 6) is -0.959. The molecule has 98 valence electrons. The van der Waals surface area contributed by atoms with Crippen LogP contribution in [0.3, 0.4) is 0 Å². The fourth-order valence-electron chi connectivity index (χ4n) is 0.955. The van der Waals surface area contributed by atoms with Crippen molar-refractivity contribution >= 4 is 45.9 Å². The first-order valence-corrected chi connectivity index (χ1v) is 5.82. The Balaban J connectivity index is 0. The van der Waals surface area contributed by atoms with Gasteiger partial charge in [-0.25, -0.2) is 0 Å². The summed E-state index contributed by atoms with van der Waals surface area (Å²) in [7, 11) is -4.67. The summed E-state index contributed by atoms with van der Waals surface area (Å²) in [6, 6.07) is 8.54. The van der Waals surface area contributed by atoms with Crippen LogP contribution in [0.2, 0.25) is 0 Å². The van der Waals surface area contributed by atoms with E-state index < -0.39 is 22.4 Å². The minimum atomic E-state index is -4.67. The summed E-state index contributed by atoms with van der Waals surface area (Å²) in [4.78, 5) is 10.4. The van der Waals surface area contributed by atoms with Gasteiger partial charge in [0.15, 0.2) is 0 Å². The van der Waals surface area contributed by atoms with Gasteiger partial charge in [0.25, 0.3) is 0 Å². The van der Waals surface area contributed by atoms with Gasteiger partial charge in [-0.05, 0) is 12.0 Å². The van der Waals surface area contributed by atoms with Crippen LogP contribution in [0.4, 0.5) is 0 Å². The Morgan fingerprint density at radius 2 is 1.61 bits per heavy atom. The molecule has 0 aliphatic heterocycles. The second-order valence-electron chi connectivity index (χ2n) is 3.08. The van der Waals surface area contributed by atoms with Crippen molar-refractivity contribution in [2.24, 2.45) is 5.73 Å². The molecule has 1 aromatic carbocycles. The average molecular weight is 287 g/mol. The average Bonchev–Trinajstić information content (AvgIpc) is 2.16. The van der Waals surface area contributed by atoms with E-state index in [1.54, 1.807) is 0 Å². The summed E-state index contributed by atoms with van der Waals surface area (Å²) in [6.45, 7) is 0. The number of nitrogens with two attached hydrogens (primary N) is 1. The SMILES string of the molecule is N[C@@H](Cc1ccccc1)C(=O)O.O=S(=O)(O)O.[NaH]. The van der Waals surface area contributed by atoms with Gasteiger partial charge in [-0.3, -0.25) is 13.9 Å². The summed E-state index contributed by atoms with van der Waals surface area (Å²) in [5, 5.41) is 8.52. The van der Waals surface area contributed by atoms with E-state index in [0.29, 0.717) is 6.42 Å². The Morgan fingerprint density at radius 3 is 1.94 bits per heavy atom. The maximum absolute atomic E-state index is 10.4. The molecule has 5 N–H and O–H groups in total. The Labute approximate surface area is 127 Å². The third-order valence-corrected chi connectivity index (χ3v) is 1.62. The van der Waals surface area contributed by atoms with Gasteiger partial charge < -0.3 is 10.8 Å². The molecule has 0 aliphatic carbocycles. The van der Waals surface area contributed by atoms with Crippen LogP contribution >= 0.6 is 0 Å². The zero-order chi connectivity index (χ0) is 13.5. The summed E-state index contributed by atoms with van der Waals surface area (Å²) in [5.41, 5.74) is 6.30. The molecule has 0 amide bonds. The topological polar surface area (TPSA) is 138 Å². The first-order chi connectivity index (χ1) is 7.70. The third-order valence-electron chi connectivity index (χ3n) is 1.62. The van der Waals surface area contributed by atoms with Crippen molar-refractivity contribution in [3.8, 4) is 0 Å². The summed E-state index contributed by atoms with van der Waals surface area (Å²) < 4.78 is 31.6. The molecule has 0 aromatic heterocycles. The van der Waals surface area contributed by atoms with E-state index in [1.165, 1.54) is 0 Å². The second kappa shape index (κ2) is 9.45. The Bertz CT molecular complexity index is 441. The van der Waals surface area contributed by atoms with E-state index in [4.69, 9.17) is 28.4 Å². The van der Waals surface area contributed by atoms with Crippen molar-refractivity contribution < 1.29 is 27.4 Å². The number of carboxylic acid groups (broad SMARTS) is 1. The van der Waals surface area contributed by atoms with Crippen molar-refractivity contribution in [3.63, 3.8) is 0 Å². The molecule has 0 spiro atoms. The van der Waals surface area contributed by atoms with Crippen LogP contribution in [0.5, 0.6) is 0 Å². The van der Waals surface area contributed by atoms with Gasteiger partial charge in [0, 0.05) is 0 Å². The molecule has 0 bridgehead atoms. The number of carbonyl (C=O) groups is 1. The molecule has 9 heteroatoms. The fraction of sp³-hybridized carbons (Fsp3) is 0.222. The van der Waals surface area contributed by atoms with Crippen molar-refractivity contribution in [2.45, 2.75) is 12.5 Å². The molecule has 0 saturated heterocycles. The van der Waals surface area contributed by atoms with Crippen molar-refractivity contribution in [2.75, 3.05) is 0 Å². The van der Waals surface area contributed by atoms with Gasteiger partial charge in [-0.15, -0.1) is 0 Å². The molecule has 18 heavy (non-hydrogen) atoms. The summed E-state index contributed by atoms with van der Waals surface area (Å²) in [6.07, 6.45) is 0.385. The van der Waals surface area contributed by atoms with Crippen molar-refractivity contribution in [1.82, 2.24) is 0 Å². The number of aliphatic carboxylic acids is 1. The number of benzene rings is 1. The van der Waals surface area contributed by atoms with Crippen LogP contribution in [-0.2, 0) is 21.6 Å². The molecule has 1 aromatic rings. The van der Waals surface area contributed by atoms with Crippen molar-refractivity contribution in [1.29, 1.82) is 0 Å². The van der Waals surface area contributed by atoms with Gasteiger partial charge in [-0.1, -0.05) is 30.3 Å². The molecule has 0 fully saturated rings. The first kappa shape index (κ1) is 19.9. The zero-order valence-corrected chi connectivity index (χ0v) is 9.54. The molecule has 7 nitrogen and oxygen atoms in total. The normalized spacial score (nSPS) is 11.5. The van der Waals surface area contributed by atoms with E-state index in [2.05, 4.69) is 0 Å². The third kappa shape index (κ3) is 13.6. The second-order valence-corrected chi connectivity index (χ2v) is 3.98. The number of rotatable bonds is 3. The zero-order valence-electron chi connectivity index (χ0n) is 8.72. The Kier molecular flexibility index (Phi) is 10.4. The molecule has 0 radical (unpaired) electrons. The van der Waals surface area contributed by atoms with Gasteiger partial charge in [0.05, 0.1) is 0 Å². The monoisotopic (exact) mass is 287 g/mol. The fourth-order valence-corrected chi connectivity index (χ4v) is 0.955. The molecule has 0 heterocycles. The quantitative estimate of drug-likeness (QED) is 0.427. The van der Waals surface area contributed by atoms with Crippen LogP contribution in [-0.4, -0.2) is 64.2 Å². The molecule has 0 unspecified atom stereocenters. The number of carboxylic acids is 1. The van der Waals surface area contributed by atoms with Gasteiger partial charge >= 0.3 is 45.9 Å². The van der Waals surface area contributed by atoms with E-state index >= 15 is 0 Å². The predicted molar refractivity (Wildman–Crippen MR) is 67.1 cm³/mol. The molecule has 0 saturated carbocycles. The summed E-state index contributed by atoms with van der Waals surface area (Å²) >= 11 is 0. The van der Waals surface area contributed by atoms with E-state index in [9.17, 15) is 4.79 Å². The standard InChI is InChI=1S/C9H11NO2.Na.H2O4S.H/c10-8(9(11)12)6-7-4-2-1-3-5-7;;1-5(2,3)4;/h1-5,8H,6,10H2,(H,11,12);;(H2,1,2,3,4);/t8-;;;/m0.../s1. The van der Waals surface area contributed by atoms with E-state index in [-0.39, 0.29) is 29.6 Å². The Hall–Kier alpha value is -0.480. The first-order valence-electron chi connectivity index (χ1n) is 4.42. The van der Waals surface area contributed by atoms with Gasteiger partial charge in [0.1, 0.15) is 6.04 Å². The predicted octanol–water partition coefficient (Wildman–Crippen LogP) is -0.660.